The van der Waals surface area contributed by atoms with Crippen LogP contribution in [0.3, 0.4) is 0 Å². The topological polar surface area (TPSA) is 27.1 Å². The lowest BCUT2D eigenvalue weighted by Gasteiger charge is -2.22. The summed E-state index contributed by atoms with van der Waals surface area (Å²) in [5.41, 5.74) is 3.35. The van der Waals surface area contributed by atoms with Crippen LogP contribution >= 0.6 is 23.4 Å². The third-order valence-corrected chi connectivity index (χ3v) is 5.87. The third kappa shape index (κ3) is 4.02. The SMILES string of the molecule is Clc1ccc2c(c1)nc(SC[C@H]1CCCCO1)n2Cc1ccccc1. The maximum absolute atomic E-state index is 6.16. The minimum absolute atomic E-state index is 0.340. The Morgan fingerprint density at radius 2 is 2.04 bits per heavy atom. The molecule has 1 saturated heterocycles. The number of imidazole rings is 1. The first-order valence-corrected chi connectivity index (χ1v) is 10.1. The molecule has 5 heteroatoms. The van der Waals surface area contributed by atoms with E-state index in [2.05, 4.69) is 34.9 Å². The second-order valence-corrected chi connectivity index (χ2v) is 7.82. The van der Waals surface area contributed by atoms with Crippen molar-refractivity contribution in [1.29, 1.82) is 0 Å². The van der Waals surface area contributed by atoms with Crippen LogP contribution in [0.25, 0.3) is 11.0 Å². The van der Waals surface area contributed by atoms with Crippen molar-refractivity contribution in [2.75, 3.05) is 12.4 Å². The molecule has 1 aliphatic heterocycles. The zero-order valence-electron chi connectivity index (χ0n) is 14.0. The monoisotopic (exact) mass is 372 g/mol. The Bertz CT molecular complexity index is 844. The molecule has 1 aliphatic rings. The molecule has 0 saturated carbocycles. The smallest absolute Gasteiger partial charge is 0.169 e. The van der Waals surface area contributed by atoms with Gasteiger partial charge >= 0.3 is 0 Å². The number of halogens is 1. The number of aromatic nitrogens is 2. The zero-order valence-corrected chi connectivity index (χ0v) is 15.6. The molecule has 4 rings (SSSR count). The minimum Gasteiger partial charge on any atom is -0.377 e. The summed E-state index contributed by atoms with van der Waals surface area (Å²) in [5.74, 6) is 0.950. The standard InChI is InChI=1S/C20H21ClN2OS/c21-16-9-10-19-18(12-16)22-20(25-14-17-8-4-5-11-24-17)23(19)13-15-6-2-1-3-7-15/h1-3,6-7,9-10,12,17H,4-5,8,11,13-14H2/t17-/m1/s1. The van der Waals surface area contributed by atoms with Gasteiger partial charge in [-0.2, -0.15) is 0 Å². The van der Waals surface area contributed by atoms with E-state index in [9.17, 15) is 0 Å². The van der Waals surface area contributed by atoms with Crippen LogP contribution in [-0.4, -0.2) is 28.0 Å². The van der Waals surface area contributed by atoms with E-state index < -0.39 is 0 Å². The highest BCUT2D eigenvalue weighted by Crippen LogP contribution is 2.29. The largest absolute Gasteiger partial charge is 0.377 e. The van der Waals surface area contributed by atoms with Crippen LogP contribution in [0, 0.1) is 0 Å². The number of thioether (sulfide) groups is 1. The van der Waals surface area contributed by atoms with E-state index in [1.165, 1.54) is 18.4 Å². The molecular weight excluding hydrogens is 352 g/mol. The van der Waals surface area contributed by atoms with Gasteiger partial charge in [0.1, 0.15) is 0 Å². The molecule has 0 bridgehead atoms. The molecule has 0 N–H and O–H groups in total. The van der Waals surface area contributed by atoms with Crippen LogP contribution in [0.4, 0.5) is 0 Å². The lowest BCUT2D eigenvalue weighted by molar-refractivity contribution is 0.0315. The summed E-state index contributed by atoms with van der Waals surface area (Å²) in [5, 5.41) is 1.76. The molecule has 1 aromatic heterocycles. The average molecular weight is 373 g/mol. The normalized spacial score (nSPS) is 17.9. The molecular formula is C20H21ClN2OS. The second-order valence-electron chi connectivity index (χ2n) is 6.40. The maximum atomic E-state index is 6.16. The van der Waals surface area contributed by atoms with Gasteiger partial charge in [-0.1, -0.05) is 53.7 Å². The number of fused-ring (bicyclic) bond motifs is 1. The van der Waals surface area contributed by atoms with Gasteiger partial charge in [-0.3, -0.25) is 0 Å². The molecule has 0 spiro atoms. The number of benzene rings is 2. The summed E-state index contributed by atoms with van der Waals surface area (Å²) in [6.07, 6.45) is 3.94. The molecule has 1 fully saturated rings. The van der Waals surface area contributed by atoms with Gasteiger partial charge in [0.2, 0.25) is 0 Å². The van der Waals surface area contributed by atoms with Crippen molar-refractivity contribution in [3.8, 4) is 0 Å². The molecule has 2 aromatic carbocycles. The lowest BCUT2D eigenvalue weighted by Crippen LogP contribution is -2.21. The van der Waals surface area contributed by atoms with E-state index in [0.717, 1.165) is 46.5 Å². The molecule has 3 aromatic rings. The van der Waals surface area contributed by atoms with Gasteiger partial charge in [-0.05, 0) is 43.0 Å². The summed E-state index contributed by atoms with van der Waals surface area (Å²) in [4.78, 5) is 4.84. The molecule has 25 heavy (non-hydrogen) atoms. The van der Waals surface area contributed by atoms with Crippen molar-refractivity contribution in [2.24, 2.45) is 0 Å². The lowest BCUT2D eigenvalue weighted by atomic mass is 10.1. The molecule has 0 amide bonds. The fourth-order valence-electron chi connectivity index (χ4n) is 3.22. The first kappa shape index (κ1) is 17.0. The van der Waals surface area contributed by atoms with Gasteiger partial charge in [0.15, 0.2) is 5.16 Å². The minimum atomic E-state index is 0.340. The second kappa shape index (κ2) is 7.81. The van der Waals surface area contributed by atoms with E-state index in [1.807, 2.05) is 18.2 Å². The fourth-order valence-corrected chi connectivity index (χ4v) is 4.46. The van der Waals surface area contributed by atoms with Gasteiger partial charge in [0.25, 0.3) is 0 Å². The van der Waals surface area contributed by atoms with Crippen LogP contribution in [0.5, 0.6) is 0 Å². The number of ether oxygens (including phenoxy) is 1. The summed E-state index contributed by atoms with van der Waals surface area (Å²) in [6, 6.07) is 16.5. The number of hydrogen-bond acceptors (Lipinski definition) is 3. The van der Waals surface area contributed by atoms with Crippen molar-refractivity contribution >= 4 is 34.4 Å². The van der Waals surface area contributed by atoms with Crippen LogP contribution < -0.4 is 0 Å². The number of hydrogen-bond donors (Lipinski definition) is 0. The van der Waals surface area contributed by atoms with Crippen LogP contribution in [0.1, 0.15) is 24.8 Å². The highest BCUT2D eigenvalue weighted by atomic mass is 35.5. The van der Waals surface area contributed by atoms with E-state index in [0.29, 0.717) is 6.10 Å². The summed E-state index contributed by atoms with van der Waals surface area (Å²) in [6.45, 7) is 1.70. The molecule has 0 unspecified atom stereocenters. The first-order chi connectivity index (χ1) is 12.3. The average Bonchev–Trinajstić information content (AvgIpc) is 2.98. The van der Waals surface area contributed by atoms with Crippen molar-refractivity contribution in [2.45, 2.75) is 37.1 Å². The molecule has 0 radical (unpaired) electrons. The molecule has 0 aliphatic carbocycles. The molecule has 130 valence electrons. The Kier molecular flexibility index (Phi) is 5.30. The predicted molar refractivity (Wildman–Crippen MR) is 105 cm³/mol. The molecule has 3 nitrogen and oxygen atoms in total. The Balaban J connectivity index is 1.62. The van der Waals surface area contributed by atoms with Gasteiger partial charge in [0, 0.05) is 17.4 Å². The number of rotatable bonds is 5. The first-order valence-electron chi connectivity index (χ1n) is 8.74. The van der Waals surface area contributed by atoms with Crippen molar-refractivity contribution in [3.05, 3.63) is 59.1 Å². The van der Waals surface area contributed by atoms with Crippen molar-refractivity contribution in [1.82, 2.24) is 9.55 Å². The van der Waals surface area contributed by atoms with Gasteiger partial charge in [-0.25, -0.2) is 4.98 Å². The van der Waals surface area contributed by atoms with Gasteiger partial charge < -0.3 is 9.30 Å². The van der Waals surface area contributed by atoms with Crippen LogP contribution in [0.2, 0.25) is 5.02 Å². The van der Waals surface area contributed by atoms with E-state index in [-0.39, 0.29) is 0 Å². The van der Waals surface area contributed by atoms with Crippen LogP contribution in [-0.2, 0) is 11.3 Å². The van der Waals surface area contributed by atoms with Crippen LogP contribution in [0.15, 0.2) is 53.7 Å². The highest BCUT2D eigenvalue weighted by molar-refractivity contribution is 7.99. The predicted octanol–water partition coefficient (Wildman–Crippen LogP) is 5.40. The van der Waals surface area contributed by atoms with E-state index in [4.69, 9.17) is 21.3 Å². The van der Waals surface area contributed by atoms with E-state index in [1.54, 1.807) is 11.8 Å². The Morgan fingerprint density at radius 3 is 2.84 bits per heavy atom. The van der Waals surface area contributed by atoms with E-state index >= 15 is 0 Å². The van der Waals surface area contributed by atoms with Crippen molar-refractivity contribution < 1.29 is 4.74 Å². The summed E-state index contributed by atoms with van der Waals surface area (Å²) < 4.78 is 8.16. The highest BCUT2D eigenvalue weighted by Gasteiger charge is 2.17. The van der Waals surface area contributed by atoms with Gasteiger partial charge in [0.05, 0.1) is 23.7 Å². The molecule has 1 atom stereocenters. The Labute approximate surface area is 157 Å². The number of nitrogens with zero attached hydrogens (tertiary/aromatic N) is 2. The summed E-state index contributed by atoms with van der Waals surface area (Å²) >= 11 is 7.95. The molecule has 2 heterocycles. The summed E-state index contributed by atoms with van der Waals surface area (Å²) in [7, 11) is 0. The maximum Gasteiger partial charge on any atom is 0.169 e. The Morgan fingerprint density at radius 1 is 1.16 bits per heavy atom. The quantitative estimate of drug-likeness (QED) is 0.561. The zero-order chi connectivity index (χ0) is 17.1. The van der Waals surface area contributed by atoms with Gasteiger partial charge in [-0.15, -0.1) is 0 Å². The third-order valence-electron chi connectivity index (χ3n) is 4.53. The van der Waals surface area contributed by atoms with Crippen molar-refractivity contribution in [3.63, 3.8) is 0 Å². The fraction of sp³-hybridized carbons (Fsp3) is 0.350. The Hall–Kier alpha value is -1.49.